The predicted octanol–water partition coefficient (Wildman–Crippen LogP) is 1.73. The first-order valence-electron chi connectivity index (χ1n) is 4.07. The van der Waals surface area contributed by atoms with E-state index in [9.17, 15) is 0 Å². The summed E-state index contributed by atoms with van der Waals surface area (Å²) in [6, 6.07) is 0. The molecule has 4 N–H and O–H groups in total. The number of rotatable bonds is 1. The van der Waals surface area contributed by atoms with Gasteiger partial charge in [-0.3, -0.25) is 0 Å². The van der Waals surface area contributed by atoms with Gasteiger partial charge in [0.25, 0.3) is 0 Å². The minimum absolute atomic E-state index is 0.0156. The summed E-state index contributed by atoms with van der Waals surface area (Å²) in [7, 11) is 1.50. The van der Waals surface area contributed by atoms with E-state index in [4.69, 9.17) is 5.73 Å². The maximum Gasteiger partial charge on any atom is 0.0102 e. The van der Waals surface area contributed by atoms with Crippen LogP contribution in [0.15, 0.2) is 0 Å². The highest BCUT2D eigenvalue weighted by Gasteiger charge is 2.20. The first kappa shape index (κ1) is 13.5. The van der Waals surface area contributed by atoms with Crippen LogP contribution in [0.4, 0.5) is 0 Å². The zero-order valence-corrected chi connectivity index (χ0v) is 8.86. The highest BCUT2D eigenvalue weighted by Crippen LogP contribution is 2.24. The van der Waals surface area contributed by atoms with E-state index in [1.165, 1.54) is 7.05 Å². The first-order valence-corrected chi connectivity index (χ1v) is 4.07. The fourth-order valence-corrected chi connectivity index (χ4v) is 1.37. The highest BCUT2D eigenvalue weighted by molar-refractivity contribution is 4.78. The van der Waals surface area contributed by atoms with Crippen molar-refractivity contribution in [3.63, 3.8) is 0 Å². The Kier molecular flexibility index (Phi) is 5.81. The van der Waals surface area contributed by atoms with E-state index >= 15 is 0 Å². The van der Waals surface area contributed by atoms with Crippen LogP contribution in [-0.4, -0.2) is 12.6 Å². The van der Waals surface area contributed by atoms with Crippen LogP contribution in [0.1, 0.15) is 41.0 Å². The zero-order valence-electron chi connectivity index (χ0n) is 8.86. The minimum atomic E-state index is -0.0156. The highest BCUT2D eigenvalue weighted by atomic mass is 14.7. The lowest BCUT2D eigenvalue weighted by atomic mass is 9.82. The van der Waals surface area contributed by atoms with Gasteiger partial charge in [-0.1, -0.05) is 20.8 Å². The molecule has 0 saturated carbocycles. The lowest BCUT2D eigenvalue weighted by Gasteiger charge is -2.28. The molecule has 0 rings (SSSR count). The van der Waals surface area contributed by atoms with Crippen molar-refractivity contribution >= 4 is 0 Å². The third-order valence-electron chi connectivity index (χ3n) is 0.986. The standard InChI is InChI=1S/C8H19N.CH5N/c1-7(2,3)6-8(4,5)9;1-2/h6,9H2,1-5H3;2H2,1H3. The Bertz CT molecular complexity index is 72.7. The van der Waals surface area contributed by atoms with Gasteiger partial charge in [0.1, 0.15) is 0 Å². The van der Waals surface area contributed by atoms with Crippen molar-refractivity contribution < 1.29 is 0 Å². The van der Waals surface area contributed by atoms with Crippen LogP contribution in [-0.2, 0) is 0 Å². The summed E-state index contributed by atoms with van der Waals surface area (Å²) in [6.07, 6.45) is 1.07. The van der Waals surface area contributed by atoms with Crippen molar-refractivity contribution in [2.24, 2.45) is 16.9 Å². The molecule has 0 unspecified atom stereocenters. The molecule has 0 aliphatic carbocycles. The summed E-state index contributed by atoms with van der Waals surface area (Å²) in [4.78, 5) is 0. The summed E-state index contributed by atoms with van der Waals surface area (Å²) in [5, 5.41) is 0. The molecule has 0 aliphatic heterocycles. The van der Waals surface area contributed by atoms with Crippen LogP contribution in [0.3, 0.4) is 0 Å². The van der Waals surface area contributed by atoms with Gasteiger partial charge in [0.2, 0.25) is 0 Å². The fraction of sp³-hybridized carbons (Fsp3) is 1.00. The Hall–Kier alpha value is -0.0800. The van der Waals surface area contributed by atoms with Gasteiger partial charge < -0.3 is 11.5 Å². The molecule has 0 saturated heterocycles. The molecule has 0 aromatic heterocycles. The molecule has 70 valence electrons. The second-order valence-corrected chi connectivity index (χ2v) is 4.73. The molecule has 2 heteroatoms. The molecule has 0 atom stereocenters. The summed E-state index contributed by atoms with van der Waals surface area (Å²) in [5.74, 6) is 0. The van der Waals surface area contributed by atoms with Gasteiger partial charge in [-0.05, 0) is 32.7 Å². The molecule has 11 heavy (non-hydrogen) atoms. The van der Waals surface area contributed by atoms with Gasteiger partial charge in [0.15, 0.2) is 0 Å². The Labute approximate surface area is 71.3 Å². The van der Waals surface area contributed by atoms with E-state index < -0.39 is 0 Å². The second-order valence-electron chi connectivity index (χ2n) is 4.73. The van der Waals surface area contributed by atoms with Crippen LogP contribution in [0, 0.1) is 5.41 Å². The molecular weight excluding hydrogens is 136 g/mol. The van der Waals surface area contributed by atoms with Crippen LogP contribution >= 0.6 is 0 Å². The molecule has 0 aliphatic rings. The Morgan fingerprint density at radius 1 is 0.909 bits per heavy atom. The van der Waals surface area contributed by atoms with E-state index in [1.54, 1.807) is 0 Å². The molecule has 0 bridgehead atoms. The number of nitrogens with two attached hydrogens (primary N) is 2. The SMILES string of the molecule is CC(C)(C)CC(C)(C)N.CN. The monoisotopic (exact) mass is 160 g/mol. The molecule has 0 radical (unpaired) electrons. The van der Waals surface area contributed by atoms with E-state index in [0.29, 0.717) is 5.41 Å². The molecule has 0 fully saturated rings. The number of hydrogen-bond donors (Lipinski definition) is 2. The van der Waals surface area contributed by atoms with Crippen LogP contribution in [0.25, 0.3) is 0 Å². The van der Waals surface area contributed by atoms with Crippen molar-refractivity contribution in [2.45, 2.75) is 46.6 Å². The van der Waals surface area contributed by atoms with Crippen LogP contribution < -0.4 is 11.5 Å². The second kappa shape index (κ2) is 4.73. The molecule has 2 nitrogen and oxygen atoms in total. The van der Waals surface area contributed by atoms with Gasteiger partial charge in [-0.15, -0.1) is 0 Å². The molecule has 0 heterocycles. The lowest BCUT2D eigenvalue weighted by molar-refractivity contribution is 0.286. The lowest BCUT2D eigenvalue weighted by Crippen LogP contribution is -2.36. The van der Waals surface area contributed by atoms with Crippen molar-refractivity contribution in [3.05, 3.63) is 0 Å². The van der Waals surface area contributed by atoms with Crippen molar-refractivity contribution in [2.75, 3.05) is 7.05 Å². The summed E-state index contributed by atoms with van der Waals surface area (Å²) >= 11 is 0. The maximum absolute atomic E-state index is 5.82. The van der Waals surface area contributed by atoms with E-state index in [2.05, 4.69) is 40.4 Å². The normalized spacial score (nSPS) is 12.0. The molecule has 0 aromatic rings. The fourth-order valence-electron chi connectivity index (χ4n) is 1.37. The Balaban J connectivity index is 0. The molecule has 0 spiro atoms. The van der Waals surface area contributed by atoms with Gasteiger partial charge in [-0.2, -0.15) is 0 Å². The third kappa shape index (κ3) is 17.8. The number of hydrogen-bond acceptors (Lipinski definition) is 2. The van der Waals surface area contributed by atoms with Gasteiger partial charge in [0, 0.05) is 5.54 Å². The van der Waals surface area contributed by atoms with Crippen molar-refractivity contribution in [1.29, 1.82) is 0 Å². The van der Waals surface area contributed by atoms with Crippen LogP contribution in [0.5, 0.6) is 0 Å². The largest absolute Gasteiger partial charge is 0.333 e. The van der Waals surface area contributed by atoms with E-state index in [-0.39, 0.29) is 5.54 Å². The quantitative estimate of drug-likeness (QED) is 0.614. The molecule has 0 aromatic carbocycles. The predicted molar refractivity (Wildman–Crippen MR) is 52.4 cm³/mol. The van der Waals surface area contributed by atoms with Crippen LogP contribution in [0.2, 0.25) is 0 Å². The summed E-state index contributed by atoms with van der Waals surface area (Å²) < 4.78 is 0. The summed E-state index contributed by atoms with van der Waals surface area (Å²) in [6.45, 7) is 10.8. The zero-order chi connectivity index (χ0) is 9.71. The average Bonchev–Trinajstić information content (AvgIpc) is 1.60. The maximum atomic E-state index is 5.82. The molecular formula is C9H24N2. The average molecular weight is 160 g/mol. The minimum Gasteiger partial charge on any atom is -0.333 e. The summed E-state index contributed by atoms with van der Waals surface area (Å²) in [5.41, 5.74) is 10.7. The Morgan fingerprint density at radius 2 is 1.18 bits per heavy atom. The smallest absolute Gasteiger partial charge is 0.0102 e. The van der Waals surface area contributed by atoms with E-state index in [0.717, 1.165) is 6.42 Å². The molecule has 0 amide bonds. The van der Waals surface area contributed by atoms with Gasteiger partial charge >= 0.3 is 0 Å². The third-order valence-corrected chi connectivity index (χ3v) is 0.986. The van der Waals surface area contributed by atoms with Gasteiger partial charge in [-0.25, -0.2) is 0 Å². The topological polar surface area (TPSA) is 52.0 Å². The van der Waals surface area contributed by atoms with Crippen molar-refractivity contribution in [3.8, 4) is 0 Å². The first-order chi connectivity index (χ1) is 4.71. The van der Waals surface area contributed by atoms with E-state index in [1.807, 2.05) is 0 Å². The Morgan fingerprint density at radius 3 is 1.18 bits per heavy atom. The van der Waals surface area contributed by atoms with Crippen molar-refractivity contribution in [1.82, 2.24) is 0 Å². The van der Waals surface area contributed by atoms with Gasteiger partial charge in [0.05, 0.1) is 0 Å².